The summed E-state index contributed by atoms with van der Waals surface area (Å²) in [4.78, 5) is 11.4. The number of hydrogen-bond acceptors (Lipinski definition) is 8. The van der Waals surface area contributed by atoms with E-state index in [1.807, 2.05) is 6.92 Å². The first-order chi connectivity index (χ1) is 15.3. The molecule has 3 aromatic rings. The topological polar surface area (TPSA) is 124 Å². The maximum absolute atomic E-state index is 13.1. The Morgan fingerprint density at radius 1 is 1.12 bits per heavy atom. The molecule has 12 heteroatoms. The molecule has 32 heavy (non-hydrogen) atoms. The number of nitrogens with zero attached hydrogens (tertiary/aromatic N) is 5. The molecule has 4 rings (SSSR count). The molecule has 0 amide bonds. The first kappa shape index (κ1) is 22.5. The lowest BCUT2D eigenvalue weighted by atomic mass is 10.2. The number of hydrogen-bond donors (Lipinski definition) is 0. The standard InChI is InChI=1S/C20H23N5O5S2/c1-14-16(9-12-30-14)19-21-22-20(23(19)2)31-18-8-7-15(13-17(18)25(26)27)32(28,29)24-10-5-3-4-6-11-24/h7-9,12-13H,3-6,10-11H2,1-2H3. The van der Waals surface area contributed by atoms with Crippen LogP contribution in [0.4, 0.5) is 5.69 Å². The molecule has 0 spiro atoms. The van der Waals surface area contributed by atoms with Gasteiger partial charge in [0.05, 0.1) is 26.5 Å². The van der Waals surface area contributed by atoms with Crippen LogP contribution in [0, 0.1) is 17.0 Å². The lowest BCUT2D eigenvalue weighted by Gasteiger charge is -2.20. The van der Waals surface area contributed by atoms with Crippen molar-refractivity contribution in [2.75, 3.05) is 13.1 Å². The SMILES string of the molecule is Cc1occc1-c1nnc(Sc2ccc(S(=O)(=O)N3CCCCCC3)cc2[N+](=O)[O-])n1C. The summed E-state index contributed by atoms with van der Waals surface area (Å²) in [6.45, 7) is 2.68. The number of nitro benzene ring substituents is 1. The van der Waals surface area contributed by atoms with Crippen molar-refractivity contribution in [2.24, 2.45) is 7.05 Å². The number of nitro groups is 1. The van der Waals surface area contributed by atoms with Crippen LogP contribution >= 0.6 is 11.8 Å². The van der Waals surface area contributed by atoms with Gasteiger partial charge in [-0.25, -0.2) is 8.42 Å². The van der Waals surface area contributed by atoms with Gasteiger partial charge in [-0.1, -0.05) is 12.8 Å². The molecule has 0 aliphatic carbocycles. The molecule has 0 saturated carbocycles. The highest BCUT2D eigenvalue weighted by Crippen LogP contribution is 2.37. The molecule has 0 bridgehead atoms. The second-order valence-corrected chi connectivity index (χ2v) is 10.5. The number of aromatic nitrogens is 3. The minimum Gasteiger partial charge on any atom is -0.469 e. The number of aryl methyl sites for hydroxylation is 1. The number of rotatable bonds is 6. The Hall–Kier alpha value is -2.70. The molecule has 1 aromatic carbocycles. The molecule has 2 aromatic heterocycles. The highest BCUT2D eigenvalue weighted by atomic mass is 32.2. The van der Waals surface area contributed by atoms with Crippen molar-refractivity contribution in [1.29, 1.82) is 0 Å². The van der Waals surface area contributed by atoms with E-state index in [1.165, 1.54) is 16.4 Å². The maximum atomic E-state index is 13.1. The zero-order valence-electron chi connectivity index (χ0n) is 17.7. The van der Waals surface area contributed by atoms with Crippen LogP contribution in [0.2, 0.25) is 0 Å². The van der Waals surface area contributed by atoms with Gasteiger partial charge in [0.15, 0.2) is 11.0 Å². The number of benzene rings is 1. The van der Waals surface area contributed by atoms with Crippen molar-refractivity contribution in [2.45, 2.75) is 47.6 Å². The fraction of sp³-hybridized carbons (Fsp3) is 0.400. The van der Waals surface area contributed by atoms with Gasteiger partial charge in [-0.05, 0) is 49.7 Å². The molecule has 1 aliphatic rings. The van der Waals surface area contributed by atoms with E-state index in [0.717, 1.165) is 49.1 Å². The normalized spacial score (nSPS) is 15.6. The lowest BCUT2D eigenvalue weighted by molar-refractivity contribution is -0.388. The van der Waals surface area contributed by atoms with Gasteiger partial charge in [0.2, 0.25) is 10.0 Å². The summed E-state index contributed by atoms with van der Waals surface area (Å²) >= 11 is 1.06. The molecule has 3 heterocycles. The number of sulfonamides is 1. The van der Waals surface area contributed by atoms with Crippen LogP contribution in [0.15, 0.2) is 49.9 Å². The predicted octanol–water partition coefficient (Wildman–Crippen LogP) is 4.01. The second-order valence-electron chi connectivity index (χ2n) is 7.56. The third-order valence-electron chi connectivity index (χ3n) is 5.47. The Morgan fingerprint density at radius 3 is 2.47 bits per heavy atom. The molecular weight excluding hydrogens is 454 g/mol. The summed E-state index contributed by atoms with van der Waals surface area (Å²) in [7, 11) is -2.04. The molecule has 0 atom stereocenters. The van der Waals surface area contributed by atoms with E-state index >= 15 is 0 Å². The summed E-state index contributed by atoms with van der Waals surface area (Å²) in [6.07, 6.45) is 5.11. The van der Waals surface area contributed by atoms with Crippen molar-refractivity contribution in [3.05, 3.63) is 46.4 Å². The minimum absolute atomic E-state index is 0.0665. The third kappa shape index (κ3) is 4.30. The van der Waals surface area contributed by atoms with Crippen molar-refractivity contribution < 1.29 is 17.8 Å². The van der Waals surface area contributed by atoms with Crippen molar-refractivity contribution in [3.8, 4) is 11.4 Å². The Balaban J connectivity index is 1.66. The first-order valence-corrected chi connectivity index (χ1v) is 12.4. The zero-order chi connectivity index (χ0) is 22.9. The van der Waals surface area contributed by atoms with Crippen LogP contribution in [0.25, 0.3) is 11.4 Å². The van der Waals surface area contributed by atoms with E-state index in [9.17, 15) is 18.5 Å². The highest BCUT2D eigenvalue weighted by molar-refractivity contribution is 7.99. The van der Waals surface area contributed by atoms with Gasteiger partial charge < -0.3 is 8.98 Å². The fourth-order valence-corrected chi connectivity index (χ4v) is 6.08. The maximum Gasteiger partial charge on any atom is 0.284 e. The van der Waals surface area contributed by atoms with Crippen LogP contribution in [-0.2, 0) is 17.1 Å². The number of furan rings is 1. The Morgan fingerprint density at radius 2 is 1.84 bits per heavy atom. The molecule has 1 saturated heterocycles. The first-order valence-electron chi connectivity index (χ1n) is 10.2. The molecule has 170 valence electrons. The Kier molecular flexibility index (Phi) is 6.35. The van der Waals surface area contributed by atoms with E-state index in [0.29, 0.717) is 29.8 Å². The molecule has 10 nitrogen and oxygen atoms in total. The molecule has 1 fully saturated rings. The summed E-state index contributed by atoms with van der Waals surface area (Å²) in [5.74, 6) is 1.26. The molecule has 1 aliphatic heterocycles. The summed E-state index contributed by atoms with van der Waals surface area (Å²) in [6, 6.07) is 5.80. The largest absolute Gasteiger partial charge is 0.469 e. The van der Waals surface area contributed by atoms with Crippen LogP contribution in [0.5, 0.6) is 0 Å². The average Bonchev–Trinajstić information content (AvgIpc) is 3.20. The average molecular weight is 478 g/mol. The van der Waals surface area contributed by atoms with Crippen LogP contribution < -0.4 is 0 Å². The van der Waals surface area contributed by atoms with Crippen molar-refractivity contribution in [1.82, 2.24) is 19.1 Å². The summed E-state index contributed by atoms with van der Waals surface area (Å²) in [5.41, 5.74) is 0.496. The Bertz CT molecular complexity index is 1240. The minimum atomic E-state index is -3.79. The third-order valence-corrected chi connectivity index (χ3v) is 8.46. The predicted molar refractivity (Wildman–Crippen MR) is 118 cm³/mol. The second kappa shape index (κ2) is 9.04. The summed E-state index contributed by atoms with van der Waals surface area (Å²) < 4.78 is 34.6. The lowest BCUT2D eigenvalue weighted by Crippen LogP contribution is -2.31. The molecule has 0 unspecified atom stereocenters. The van der Waals surface area contributed by atoms with Gasteiger partial charge in [0.25, 0.3) is 5.69 Å². The van der Waals surface area contributed by atoms with Crippen molar-refractivity contribution in [3.63, 3.8) is 0 Å². The van der Waals surface area contributed by atoms with E-state index in [4.69, 9.17) is 4.42 Å². The van der Waals surface area contributed by atoms with Crippen LogP contribution in [0.3, 0.4) is 0 Å². The monoisotopic (exact) mass is 477 g/mol. The smallest absolute Gasteiger partial charge is 0.284 e. The van der Waals surface area contributed by atoms with Gasteiger partial charge in [0, 0.05) is 26.2 Å². The van der Waals surface area contributed by atoms with Gasteiger partial charge in [0.1, 0.15) is 5.76 Å². The van der Waals surface area contributed by atoms with Gasteiger partial charge in [-0.15, -0.1) is 10.2 Å². The van der Waals surface area contributed by atoms with Crippen LogP contribution in [-0.4, -0.2) is 45.5 Å². The quantitative estimate of drug-likeness (QED) is 0.385. The molecule has 0 N–H and O–H groups in total. The van der Waals surface area contributed by atoms with Gasteiger partial charge in [-0.3, -0.25) is 10.1 Å². The van der Waals surface area contributed by atoms with E-state index in [1.54, 1.807) is 23.9 Å². The van der Waals surface area contributed by atoms with Crippen LogP contribution in [0.1, 0.15) is 31.4 Å². The molecule has 0 radical (unpaired) electrons. The van der Waals surface area contributed by atoms with Gasteiger partial charge >= 0.3 is 0 Å². The summed E-state index contributed by atoms with van der Waals surface area (Å²) in [5, 5.41) is 20.5. The van der Waals surface area contributed by atoms with E-state index in [-0.39, 0.29) is 15.5 Å². The highest BCUT2D eigenvalue weighted by Gasteiger charge is 2.29. The van der Waals surface area contributed by atoms with Gasteiger partial charge in [-0.2, -0.15) is 4.31 Å². The van der Waals surface area contributed by atoms with Crippen molar-refractivity contribution >= 4 is 27.5 Å². The van der Waals surface area contributed by atoms with E-state index in [2.05, 4.69) is 10.2 Å². The zero-order valence-corrected chi connectivity index (χ0v) is 19.4. The van der Waals surface area contributed by atoms with E-state index < -0.39 is 14.9 Å². The fourth-order valence-electron chi connectivity index (χ4n) is 3.67. The Labute approximate surface area is 189 Å². The molecular formula is C20H23N5O5S2.